The fraction of sp³-hybridized carbons (Fsp3) is 0.192. The smallest absolute Gasteiger partial charge is 0.332 e. The quantitative estimate of drug-likeness (QED) is 0.254. The van der Waals surface area contributed by atoms with Crippen molar-refractivity contribution in [2.24, 2.45) is 5.92 Å². The molecular weight excluding hydrogens is 595 g/mol. The van der Waals surface area contributed by atoms with Crippen LogP contribution in [0.1, 0.15) is 12.5 Å². The molecule has 2 aromatic carbocycles. The van der Waals surface area contributed by atoms with Gasteiger partial charge in [-0.3, -0.25) is 23.4 Å². The molecule has 0 saturated carbocycles. The van der Waals surface area contributed by atoms with Crippen LogP contribution >= 0.6 is 23.2 Å². The Morgan fingerprint density at radius 2 is 1.68 bits per heavy atom. The Balaban J connectivity index is 1.65. The minimum absolute atomic E-state index is 0.0677. The van der Waals surface area contributed by atoms with E-state index in [9.17, 15) is 22.8 Å². The van der Waals surface area contributed by atoms with E-state index in [1.165, 1.54) is 30.0 Å². The second-order valence-electron chi connectivity index (χ2n) is 9.04. The van der Waals surface area contributed by atoms with Crippen LogP contribution in [0.3, 0.4) is 0 Å². The predicted octanol–water partition coefficient (Wildman–Crippen LogP) is 3.40. The summed E-state index contributed by atoms with van der Waals surface area (Å²) in [5, 5.41) is 3.83. The number of halogens is 2. The van der Waals surface area contributed by atoms with Gasteiger partial charge in [0.05, 0.1) is 18.7 Å². The van der Waals surface area contributed by atoms with Crippen molar-refractivity contribution < 1.29 is 17.9 Å². The Morgan fingerprint density at radius 3 is 2.32 bits per heavy atom. The molecule has 0 unspecified atom stereocenters. The molecule has 1 atom stereocenters. The molecule has 0 saturated heterocycles. The molecule has 214 valence electrons. The lowest BCUT2D eigenvalue weighted by atomic mass is 10.1. The zero-order chi connectivity index (χ0) is 29.7. The molecule has 4 rings (SSSR count). The lowest BCUT2D eigenvalue weighted by Crippen LogP contribution is -2.44. The normalized spacial score (nSPS) is 12.0. The molecule has 12 nitrogen and oxygen atoms in total. The van der Waals surface area contributed by atoms with Gasteiger partial charge >= 0.3 is 5.69 Å². The van der Waals surface area contributed by atoms with E-state index in [-0.39, 0.29) is 29.9 Å². The van der Waals surface area contributed by atoms with Crippen LogP contribution in [0, 0.1) is 5.92 Å². The van der Waals surface area contributed by atoms with Crippen molar-refractivity contribution >= 4 is 50.6 Å². The third kappa shape index (κ3) is 8.16. The fourth-order valence-corrected chi connectivity index (χ4v) is 4.53. The summed E-state index contributed by atoms with van der Waals surface area (Å²) in [5.41, 5.74) is -0.112. The summed E-state index contributed by atoms with van der Waals surface area (Å²) in [5.74, 6) is -0.922. The van der Waals surface area contributed by atoms with E-state index in [0.29, 0.717) is 16.5 Å². The van der Waals surface area contributed by atoms with E-state index >= 15 is 0 Å². The first kappa shape index (κ1) is 29.8. The minimum Gasteiger partial charge on any atom is -0.439 e. The number of hydrogen-bond donors (Lipinski definition) is 2. The maximum absolute atomic E-state index is 13.6. The topological polar surface area (TPSA) is 154 Å². The number of rotatable bonds is 10. The van der Waals surface area contributed by atoms with Crippen LogP contribution in [0.2, 0.25) is 10.2 Å². The van der Waals surface area contributed by atoms with E-state index in [4.69, 9.17) is 27.9 Å². The molecular formula is C26H24Cl2N6O6S. The molecule has 0 radical (unpaired) electrons. The number of nitrogens with zero attached hydrogens (tertiary/aromatic N) is 4. The van der Waals surface area contributed by atoms with Crippen molar-refractivity contribution in [3.63, 3.8) is 0 Å². The van der Waals surface area contributed by atoms with Gasteiger partial charge in [-0.05, 0) is 42.0 Å². The van der Waals surface area contributed by atoms with Crippen molar-refractivity contribution in [1.82, 2.24) is 23.8 Å². The SMILES string of the molecule is C[C@@H](Cn1c(=O)cc(Nc2ccc(Oc3cc(Cl)ncn3)cc2)n(Cc2ccc(Cl)cc2)c1=O)C(=O)NS(C)(=O)=O. The van der Waals surface area contributed by atoms with E-state index in [1.807, 2.05) is 4.72 Å². The van der Waals surface area contributed by atoms with Gasteiger partial charge in [0.2, 0.25) is 21.8 Å². The summed E-state index contributed by atoms with van der Waals surface area (Å²) < 4.78 is 32.7. The first-order chi connectivity index (χ1) is 19.4. The summed E-state index contributed by atoms with van der Waals surface area (Å²) in [6.45, 7) is 1.15. The van der Waals surface area contributed by atoms with Gasteiger partial charge in [0.1, 0.15) is 23.0 Å². The minimum atomic E-state index is -3.81. The molecule has 0 spiro atoms. The van der Waals surface area contributed by atoms with Crippen molar-refractivity contribution in [1.29, 1.82) is 0 Å². The second kappa shape index (κ2) is 12.5. The van der Waals surface area contributed by atoms with E-state index in [0.717, 1.165) is 16.4 Å². The highest BCUT2D eigenvalue weighted by Crippen LogP contribution is 2.24. The predicted molar refractivity (Wildman–Crippen MR) is 155 cm³/mol. The molecule has 2 heterocycles. The maximum Gasteiger partial charge on any atom is 0.332 e. The summed E-state index contributed by atoms with van der Waals surface area (Å²) in [4.78, 5) is 46.7. The standard InChI is InChI=1S/C26H24Cl2N6O6S/c1-16(25(36)32-41(2,38)39)13-34-24(35)12-22(33(26(34)37)14-17-3-5-18(27)6-4-17)31-19-7-9-20(10-8-19)40-23-11-21(28)29-15-30-23/h3-12,15-16,31H,13-14H2,1-2H3,(H,32,36)/t16-/m0/s1. The number of anilines is 2. The Morgan fingerprint density at radius 1 is 1.00 bits per heavy atom. The molecule has 0 aliphatic carbocycles. The van der Waals surface area contributed by atoms with E-state index in [2.05, 4.69) is 15.3 Å². The first-order valence-electron chi connectivity index (χ1n) is 12.0. The Hall–Kier alpha value is -4.20. The van der Waals surface area contributed by atoms with Crippen LogP contribution in [0.5, 0.6) is 11.6 Å². The van der Waals surface area contributed by atoms with Gasteiger partial charge in [0, 0.05) is 29.4 Å². The number of carbonyl (C=O) groups excluding carboxylic acids is 1. The molecule has 0 aliphatic heterocycles. The van der Waals surface area contributed by atoms with Crippen LogP contribution in [-0.4, -0.2) is 39.7 Å². The average molecular weight is 619 g/mol. The van der Waals surface area contributed by atoms with Gasteiger partial charge in [-0.1, -0.05) is 42.3 Å². The van der Waals surface area contributed by atoms with Gasteiger partial charge in [0.15, 0.2) is 0 Å². The van der Waals surface area contributed by atoms with Crippen molar-refractivity contribution in [2.75, 3.05) is 11.6 Å². The lowest BCUT2D eigenvalue weighted by Gasteiger charge is -2.18. The molecule has 0 fully saturated rings. The molecule has 0 bridgehead atoms. The number of amides is 1. The van der Waals surface area contributed by atoms with Crippen LogP contribution in [-0.2, 0) is 27.9 Å². The number of hydrogen-bond acceptors (Lipinski definition) is 9. The fourth-order valence-electron chi connectivity index (χ4n) is 3.70. The Labute approximate surface area is 244 Å². The molecule has 4 aromatic rings. The first-order valence-corrected chi connectivity index (χ1v) is 14.7. The summed E-state index contributed by atoms with van der Waals surface area (Å²) in [6.07, 6.45) is 2.11. The van der Waals surface area contributed by atoms with Crippen LogP contribution < -0.4 is 26.0 Å². The van der Waals surface area contributed by atoms with Gasteiger partial charge < -0.3 is 10.1 Å². The van der Waals surface area contributed by atoms with Crippen LogP contribution in [0.4, 0.5) is 11.5 Å². The van der Waals surface area contributed by atoms with Crippen molar-refractivity contribution in [2.45, 2.75) is 20.0 Å². The third-order valence-electron chi connectivity index (χ3n) is 5.68. The van der Waals surface area contributed by atoms with Crippen LogP contribution in [0.25, 0.3) is 0 Å². The highest BCUT2D eigenvalue weighted by molar-refractivity contribution is 7.89. The van der Waals surface area contributed by atoms with Crippen molar-refractivity contribution in [3.05, 3.63) is 104 Å². The number of ether oxygens (including phenoxy) is 1. The summed E-state index contributed by atoms with van der Waals surface area (Å²) in [7, 11) is -3.81. The molecule has 2 aromatic heterocycles. The molecule has 1 amide bonds. The Kier molecular flexibility index (Phi) is 9.11. The average Bonchev–Trinajstić information content (AvgIpc) is 2.90. The largest absolute Gasteiger partial charge is 0.439 e. The zero-order valence-corrected chi connectivity index (χ0v) is 24.1. The highest BCUT2D eigenvalue weighted by Gasteiger charge is 2.21. The number of sulfonamides is 1. The molecule has 0 aliphatic rings. The zero-order valence-electron chi connectivity index (χ0n) is 21.7. The molecule has 2 N–H and O–H groups in total. The highest BCUT2D eigenvalue weighted by atomic mass is 35.5. The number of carbonyl (C=O) groups is 1. The summed E-state index contributed by atoms with van der Waals surface area (Å²) >= 11 is 11.9. The van der Waals surface area contributed by atoms with Gasteiger partial charge in [-0.25, -0.2) is 23.2 Å². The second-order valence-corrected chi connectivity index (χ2v) is 11.6. The van der Waals surface area contributed by atoms with Gasteiger partial charge in [-0.15, -0.1) is 0 Å². The van der Waals surface area contributed by atoms with E-state index < -0.39 is 33.1 Å². The van der Waals surface area contributed by atoms with Crippen molar-refractivity contribution in [3.8, 4) is 11.6 Å². The van der Waals surface area contributed by atoms with E-state index in [1.54, 1.807) is 48.5 Å². The maximum atomic E-state index is 13.6. The van der Waals surface area contributed by atoms with Gasteiger partial charge in [-0.2, -0.15) is 0 Å². The molecule has 15 heteroatoms. The summed E-state index contributed by atoms with van der Waals surface area (Å²) in [6, 6.07) is 16.2. The lowest BCUT2D eigenvalue weighted by molar-refractivity contribution is -0.123. The van der Waals surface area contributed by atoms with Gasteiger partial charge in [0.25, 0.3) is 5.56 Å². The Bertz CT molecular complexity index is 1790. The monoisotopic (exact) mass is 618 g/mol. The number of aromatic nitrogens is 4. The van der Waals surface area contributed by atoms with Crippen LogP contribution in [0.15, 0.2) is 76.6 Å². The molecule has 41 heavy (non-hydrogen) atoms. The number of nitrogens with one attached hydrogen (secondary N) is 2. The third-order valence-corrected chi connectivity index (χ3v) is 6.71. The number of benzene rings is 2.